The molecule has 0 aliphatic carbocycles. The maximum atomic E-state index is 3.57. The number of hydrogen-bond donors (Lipinski definition) is 1. The number of nitrogens with one attached hydrogen (secondary N) is 1. The number of thiophene rings is 1. The van der Waals surface area contributed by atoms with Crippen molar-refractivity contribution in [1.82, 2.24) is 0 Å². The summed E-state index contributed by atoms with van der Waals surface area (Å²) in [7, 11) is 0. The first-order valence-electron chi connectivity index (χ1n) is 7.03. The number of anilines is 1. The third kappa shape index (κ3) is 3.60. The summed E-state index contributed by atoms with van der Waals surface area (Å²) in [6, 6.07) is 13.6. The van der Waals surface area contributed by atoms with Crippen LogP contribution in [0.2, 0.25) is 0 Å². The monoisotopic (exact) mass is 273 g/mol. The van der Waals surface area contributed by atoms with Crippen LogP contribution in [-0.2, 0) is 0 Å². The highest BCUT2D eigenvalue weighted by Gasteiger charge is 2.08. The van der Waals surface area contributed by atoms with Crippen molar-refractivity contribution in [3.63, 3.8) is 0 Å². The van der Waals surface area contributed by atoms with Gasteiger partial charge in [-0.05, 0) is 56.0 Å². The van der Waals surface area contributed by atoms with Crippen LogP contribution in [0.3, 0.4) is 0 Å². The Labute approximate surface area is 120 Å². The number of rotatable bonds is 5. The van der Waals surface area contributed by atoms with Gasteiger partial charge in [-0.15, -0.1) is 11.3 Å². The van der Waals surface area contributed by atoms with Crippen molar-refractivity contribution in [2.45, 2.75) is 46.1 Å². The van der Waals surface area contributed by atoms with E-state index in [0.29, 0.717) is 12.0 Å². The summed E-state index contributed by atoms with van der Waals surface area (Å²) in [5, 5.41) is 3.57. The Bertz CT molecular complexity index is 512. The average molecular weight is 273 g/mol. The van der Waals surface area contributed by atoms with Crippen molar-refractivity contribution in [1.29, 1.82) is 0 Å². The van der Waals surface area contributed by atoms with Crippen LogP contribution in [0.25, 0.3) is 0 Å². The van der Waals surface area contributed by atoms with Gasteiger partial charge in [0.2, 0.25) is 0 Å². The molecule has 2 heteroatoms. The van der Waals surface area contributed by atoms with Crippen LogP contribution in [0, 0.1) is 6.92 Å². The van der Waals surface area contributed by atoms with Crippen molar-refractivity contribution in [2.75, 3.05) is 5.32 Å². The molecule has 1 aromatic carbocycles. The number of aryl methyl sites for hydroxylation is 1. The van der Waals surface area contributed by atoms with Crippen LogP contribution in [0.4, 0.5) is 5.69 Å². The highest BCUT2D eigenvalue weighted by atomic mass is 32.1. The van der Waals surface area contributed by atoms with Crippen molar-refractivity contribution in [2.24, 2.45) is 0 Å². The lowest BCUT2D eigenvalue weighted by atomic mass is 9.98. The molecule has 0 radical (unpaired) electrons. The minimum atomic E-state index is 0.369. The lowest BCUT2D eigenvalue weighted by Crippen LogP contribution is -2.04. The molecule has 0 bridgehead atoms. The predicted molar refractivity (Wildman–Crippen MR) is 86.2 cm³/mol. The highest BCUT2D eigenvalue weighted by molar-refractivity contribution is 7.12. The molecule has 19 heavy (non-hydrogen) atoms. The molecular formula is C17H23NS. The topological polar surface area (TPSA) is 12.0 Å². The molecule has 0 amide bonds. The Hall–Kier alpha value is -1.28. The Morgan fingerprint density at radius 2 is 1.74 bits per heavy atom. The first-order chi connectivity index (χ1) is 9.10. The number of benzene rings is 1. The molecule has 0 fully saturated rings. The van der Waals surface area contributed by atoms with Gasteiger partial charge >= 0.3 is 0 Å². The lowest BCUT2D eigenvalue weighted by molar-refractivity contribution is 0.733. The van der Waals surface area contributed by atoms with Gasteiger partial charge < -0.3 is 5.32 Å². The van der Waals surface area contributed by atoms with Crippen LogP contribution in [0.1, 0.15) is 54.5 Å². The van der Waals surface area contributed by atoms with Gasteiger partial charge in [-0.2, -0.15) is 0 Å². The third-order valence-corrected chi connectivity index (χ3v) is 4.85. The van der Waals surface area contributed by atoms with E-state index in [1.54, 1.807) is 0 Å². The Morgan fingerprint density at radius 1 is 1.05 bits per heavy atom. The largest absolute Gasteiger partial charge is 0.378 e. The number of hydrogen-bond acceptors (Lipinski definition) is 2. The van der Waals surface area contributed by atoms with Crippen LogP contribution in [0.15, 0.2) is 36.4 Å². The second-order valence-corrected chi connectivity index (χ2v) is 6.57. The zero-order chi connectivity index (χ0) is 13.8. The van der Waals surface area contributed by atoms with E-state index in [1.807, 2.05) is 11.3 Å². The summed E-state index contributed by atoms with van der Waals surface area (Å²) < 4.78 is 0. The van der Waals surface area contributed by atoms with Crippen molar-refractivity contribution >= 4 is 17.0 Å². The first kappa shape index (κ1) is 14.1. The van der Waals surface area contributed by atoms with Gasteiger partial charge in [-0.1, -0.05) is 26.0 Å². The molecule has 1 nitrogen and oxygen atoms in total. The fourth-order valence-electron chi connectivity index (χ4n) is 2.15. The van der Waals surface area contributed by atoms with Gasteiger partial charge in [-0.25, -0.2) is 0 Å². The summed E-state index contributed by atoms with van der Waals surface area (Å²) in [4.78, 5) is 2.76. The van der Waals surface area contributed by atoms with Crippen LogP contribution in [-0.4, -0.2) is 0 Å². The Kier molecular flexibility index (Phi) is 4.65. The lowest BCUT2D eigenvalue weighted by Gasteiger charge is -2.15. The standard InChI is InChI=1S/C17H23NS/c1-5-12(2)15-7-9-16(10-8-15)18-14(4)17-11-6-13(3)19-17/h6-12,14,18H,5H2,1-4H3. The van der Waals surface area contributed by atoms with Crippen molar-refractivity contribution in [3.8, 4) is 0 Å². The molecule has 2 atom stereocenters. The maximum absolute atomic E-state index is 3.57. The molecule has 1 N–H and O–H groups in total. The van der Waals surface area contributed by atoms with Crippen LogP contribution < -0.4 is 5.32 Å². The SMILES string of the molecule is CCC(C)c1ccc(NC(C)c2ccc(C)s2)cc1. The van der Waals surface area contributed by atoms with Gasteiger partial charge in [0.15, 0.2) is 0 Å². The molecule has 1 heterocycles. The van der Waals surface area contributed by atoms with Crippen molar-refractivity contribution < 1.29 is 0 Å². The van der Waals surface area contributed by atoms with Crippen LogP contribution >= 0.6 is 11.3 Å². The molecule has 2 unspecified atom stereocenters. The van der Waals surface area contributed by atoms with Gasteiger partial charge in [0, 0.05) is 15.4 Å². The van der Waals surface area contributed by atoms with Crippen molar-refractivity contribution in [3.05, 3.63) is 51.7 Å². The minimum Gasteiger partial charge on any atom is -0.378 e. The summed E-state index contributed by atoms with van der Waals surface area (Å²) in [6.07, 6.45) is 1.19. The van der Waals surface area contributed by atoms with E-state index in [4.69, 9.17) is 0 Å². The highest BCUT2D eigenvalue weighted by Crippen LogP contribution is 2.27. The first-order valence-corrected chi connectivity index (χ1v) is 7.84. The van der Waals surface area contributed by atoms with Gasteiger partial charge in [0.1, 0.15) is 0 Å². The van der Waals surface area contributed by atoms with Gasteiger partial charge in [-0.3, -0.25) is 0 Å². The van der Waals surface area contributed by atoms with E-state index in [-0.39, 0.29) is 0 Å². The summed E-state index contributed by atoms with van der Waals surface area (Å²) in [5.41, 5.74) is 2.62. The van der Waals surface area contributed by atoms with E-state index < -0.39 is 0 Å². The summed E-state index contributed by atoms with van der Waals surface area (Å²) >= 11 is 1.86. The molecule has 0 saturated heterocycles. The zero-order valence-corrected chi connectivity index (χ0v) is 13.1. The fourth-order valence-corrected chi connectivity index (χ4v) is 3.03. The Balaban J connectivity index is 2.03. The second-order valence-electron chi connectivity index (χ2n) is 5.25. The zero-order valence-electron chi connectivity index (χ0n) is 12.2. The van der Waals surface area contributed by atoms with E-state index >= 15 is 0 Å². The molecule has 2 rings (SSSR count). The molecule has 102 valence electrons. The van der Waals surface area contributed by atoms with Gasteiger partial charge in [0.25, 0.3) is 0 Å². The molecule has 2 aromatic rings. The second kappa shape index (κ2) is 6.25. The quantitative estimate of drug-likeness (QED) is 0.732. The predicted octanol–water partition coefficient (Wildman–Crippen LogP) is 5.74. The average Bonchev–Trinajstić information content (AvgIpc) is 2.85. The van der Waals surface area contributed by atoms with E-state index in [9.17, 15) is 0 Å². The Morgan fingerprint density at radius 3 is 2.26 bits per heavy atom. The van der Waals surface area contributed by atoms with Gasteiger partial charge in [0.05, 0.1) is 6.04 Å². The molecule has 0 aliphatic rings. The maximum Gasteiger partial charge on any atom is 0.0578 e. The molecule has 0 aliphatic heterocycles. The van der Waals surface area contributed by atoms with E-state index in [0.717, 1.165) is 0 Å². The molecular weight excluding hydrogens is 250 g/mol. The van der Waals surface area contributed by atoms with E-state index in [2.05, 4.69) is 69.4 Å². The molecule has 0 saturated carbocycles. The normalized spacial score (nSPS) is 14.1. The smallest absolute Gasteiger partial charge is 0.0578 e. The minimum absolute atomic E-state index is 0.369. The molecule has 1 aromatic heterocycles. The fraction of sp³-hybridized carbons (Fsp3) is 0.412. The van der Waals surface area contributed by atoms with Crippen LogP contribution in [0.5, 0.6) is 0 Å². The third-order valence-electron chi connectivity index (χ3n) is 3.66. The van der Waals surface area contributed by atoms with E-state index in [1.165, 1.54) is 27.4 Å². The summed E-state index contributed by atoms with van der Waals surface area (Å²) in [6.45, 7) is 8.88. The molecule has 0 spiro atoms. The summed E-state index contributed by atoms with van der Waals surface area (Å²) in [5.74, 6) is 0.645.